The second-order valence-electron chi connectivity index (χ2n) is 3.75. The quantitative estimate of drug-likeness (QED) is 0.768. The summed E-state index contributed by atoms with van der Waals surface area (Å²) >= 11 is 0. The van der Waals surface area contributed by atoms with Crippen LogP contribution in [0, 0.1) is 0 Å². The molecule has 86 valence electrons. The lowest BCUT2D eigenvalue weighted by molar-refractivity contribution is 0.0462. The Bertz CT molecular complexity index is 407. The maximum atomic E-state index is 5.59. The van der Waals surface area contributed by atoms with Gasteiger partial charge >= 0.3 is 0 Å². The molecule has 1 N–H and O–H groups in total. The average Bonchev–Trinajstić information content (AvgIpc) is 2.74. The van der Waals surface area contributed by atoms with Gasteiger partial charge in [0.1, 0.15) is 5.75 Å². The number of rotatable bonds is 2. The second-order valence-corrected chi connectivity index (χ2v) is 3.75. The van der Waals surface area contributed by atoms with E-state index < -0.39 is 0 Å². The van der Waals surface area contributed by atoms with Crippen LogP contribution >= 0.6 is 0 Å². The molecule has 0 fully saturated rings. The predicted molar refractivity (Wildman–Crippen MR) is 55.6 cm³/mol. The fourth-order valence-corrected chi connectivity index (χ4v) is 2.04. The van der Waals surface area contributed by atoms with Crippen LogP contribution in [0.1, 0.15) is 18.0 Å². The number of benzene rings is 1. The lowest BCUT2D eigenvalue weighted by Crippen LogP contribution is -2.26. The zero-order chi connectivity index (χ0) is 11.0. The molecule has 0 bridgehead atoms. The highest BCUT2D eigenvalue weighted by Gasteiger charge is 2.26. The number of ether oxygens (including phenoxy) is 3. The van der Waals surface area contributed by atoms with E-state index in [1.54, 1.807) is 7.11 Å². The normalized spacial score (nSPS) is 21.4. The van der Waals surface area contributed by atoms with Gasteiger partial charge in [0.15, 0.2) is 11.5 Å². The van der Waals surface area contributed by atoms with Crippen LogP contribution < -0.4 is 19.7 Å². The molecular weight excluding hydrogens is 210 g/mol. The van der Waals surface area contributed by atoms with Crippen molar-refractivity contribution in [2.75, 3.05) is 20.5 Å². The van der Waals surface area contributed by atoms with Gasteiger partial charge in [-0.25, -0.2) is 0 Å². The van der Waals surface area contributed by atoms with E-state index in [2.05, 4.69) is 5.48 Å². The molecule has 2 heterocycles. The molecule has 1 atom stereocenters. The molecule has 1 aromatic rings. The molecule has 0 radical (unpaired) electrons. The Morgan fingerprint density at radius 3 is 2.81 bits per heavy atom. The van der Waals surface area contributed by atoms with E-state index in [1.807, 2.05) is 12.1 Å². The Labute approximate surface area is 93.2 Å². The summed E-state index contributed by atoms with van der Waals surface area (Å²) < 4.78 is 16.2. The van der Waals surface area contributed by atoms with Gasteiger partial charge in [0.25, 0.3) is 0 Å². The molecule has 5 nitrogen and oxygen atoms in total. The molecule has 0 saturated carbocycles. The molecule has 0 amide bonds. The van der Waals surface area contributed by atoms with Crippen LogP contribution in [-0.2, 0) is 4.84 Å². The summed E-state index contributed by atoms with van der Waals surface area (Å²) in [6, 6.07) is 3.97. The highest BCUT2D eigenvalue weighted by molar-refractivity contribution is 5.53. The third-order valence-electron chi connectivity index (χ3n) is 2.80. The molecular formula is C11H13NO4. The minimum absolute atomic E-state index is 0.142. The van der Waals surface area contributed by atoms with Crippen molar-refractivity contribution in [2.45, 2.75) is 12.5 Å². The number of nitrogens with one attached hydrogen (secondary N) is 1. The van der Waals surface area contributed by atoms with Crippen LogP contribution in [-0.4, -0.2) is 20.5 Å². The van der Waals surface area contributed by atoms with E-state index in [1.165, 1.54) is 0 Å². The van der Waals surface area contributed by atoms with E-state index in [0.717, 1.165) is 29.2 Å². The van der Waals surface area contributed by atoms with Crippen molar-refractivity contribution in [1.29, 1.82) is 0 Å². The largest absolute Gasteiger partial charge is 0.493 e. The van der Waals surface area contributed by atoms with Crippen molar-refractivity contribution in [1.82, 2.24) is 5.48 Å². The Morgan fingerprint density at radius 1 is 1.19 bits per heavy atom. The Hall–Kier alpha value is -1.46. The third-order valence-corrected chi connectivity index (χ3v) is 2.80. The topological polar surface area (TPSA) is 49.0 Å². The maximum absolute atomic E-state index is 5.59. The van der Waals surface area contributed by atoms with Crippen LogP contribution in [0.3, 0.4) is 0 Å². The van der Waals surface area contributed by atoms with Crippen LogP contribution in [0.25, 0.3) is 0 Å². The molecule has 1 unspecified atom stereocenters. The monoisotopic (exact) mass is 223 g/mol. The average molecular weight is 223 g/mol. The molecule has 3 rings (SSSR count). The van der Waals surface area contributed by atoms with Gasteiger partial charge in [0.05, 0.1) is 19.8 Å². The summed E-state index contributed by atoms with van der Waals surface area (Å²) in [4.78, 5) is 4.98. The van der Waals surface area contributed by atoms with Gasteiger partial charge in [-0.1, -0.05) is 0 Å². The highest BCUT2D eigenvalue weighted by Crippen LogP contribution is 2.42. The minimum atomic E-state index is 0.142. The number of hydrogen-bond acceptors (Lipinski definition) is 5. The van der Waals surface area contributed by atoms with Crippen molar-refractivity contribution in [2.24, 2.45) is 0 Å². The van der Waals surface area contributed by atoms with Crippen molar-refractivity contribution < 1.29 is 19.0 Å². The van der Waals surface area contributed by atoms with Crippen molar-refractivity contribution in [3.8, 4) is 17.2 Å². The van der Waals surface area contributed by atoms with E-state index in [9.17, 15) is 0 Å². The Balaban J connectivity index is 2.00. The van der Waals surface area contributed by atoms with Gasteiger partial charge in [0, 0.05) is 18.1 Å². The van der Waals surface area contributed by atoms with Gasteiger partial charge in [-0.2, -0.15) is 5.48 Å². The molecule has 2 aliphatic rings. The van der Waals surface area contributed by atoms with E-state index in [4.69, 9.17) is 19.0 Å². The van der Waals surface area contributed by atoms with E-state index in [0.29, 0.717) is 6.61 Å². The van der Waals surface area contributed by atoms with Gasteiger partial charge < -0.3 is 19.0 Å². The molecule has 16 heavy (non-hydrogen) atoms. The molecule has 0 spiro atoms. The van der Waals surface area contributed by atoms with Crippen LogP contribution in [0.2, 0.25) is 0 Å². The summed E-state index contributed by atoms with van der Waals surface area (Å²) in [7, 11) is 1.61. The smallest absolute Gasteiger partial charge is 0.231 e. The number of hydroxylamine groups is 1. The summed E-state index contributed by atoms with van der Waals surface area (Å²) in [5, 5.41) is 0. The molecule has 0 aliphatic carbocycles. The van der Waals surface area contributed by atoms with Crippen molar-refractivity contribution >= 4 is 0 Å². The fraction of sp³-hybridized carbons (Fsp3) is 0.455. The van der Waals surface area contributed by atoms with Gasteiger partial charge in [0.2, 0.25) is 6.79 Å². The van der Waals surface area contributed by atoms with Crippen molar-refractivity contribution in [3.63, 3.8) is 0 Å². The number of hydrogen-bond donors (Lipinski definition) is 1. The van der Waals surface area contributed by atoms with Gasteiger partial charge in [-0.15, -0.1) is 0 Å². The standard InChI is InChI=1S/C11H13NO4/c1-13-12-8-2-3-14-9-5-11-10(4-7(8)9)15-6-16-11/h4-5,8,12H,2-3,6H2,1H3. The Morgan fingerprint density at radius 2 is 2.00 bits per heavy atom. The SMILES string of the molecule is CONC1CCOc2cc3c(cc21)OCO3. The summed E-state index contributed by atoms with van der Waals surface area (Å²) in [6.45, 7) is 0.953. The number of fused-ring (bicyclic) bond motifs is 2. The molecule has 1 aromatic carbocycles. The first-order valence-corrected chi connectivity index (χ1v) is 5.23. The maximum Gasteiger partial charge on any atom is 0.231 e. The van der Waals surface area contributed by atoms with Gasteiger partial charge in [-0.3, -0.25) is 0 Å². The summed E-state index contributed by atoms with van der Waals surface area (Å²) in [6.07, 6.45) is 0.875. The van der Waals surface area contributed by atoms with Crippen molar-refractivity contribution in [3.05, 3.63) is 17.7 Å². The van der Waals surface area contributed by atoms with E-state index in [-0.39, 0.29) is 12.8 Å². The lowest BCUT2D eigenvalue weighted by atomic mass is 10.0. The third kappa shape index (κ3) is 1.48. The summed E-state index contributed by atoms with van der Waals surface area (Å²) in [5.74, 6) is 2.36. The second kappa shape index (κ2) is 3.84. The highest BCUT2D eigenvalue weighted by atomic mass is 16.7. The lowest BCUT2D eigenvalue weighted by Gasteiger charge is -2.26. The first-order chi connectivity index (χ1) is 7.88. The fourth-order valence-electron chi connectivity index (χ4n) is 2.04. The molecule has 2 aliphatic heterocycles. The first-order valence-electron chi connectivity index (χ1n) is 5.23. The minimum Gasteiger partial charge on any atom is -0.493 e. The molecule has 0 saturated heterocycles. The predicted octanol–water partition coefficient (Wildman–Crippen LogP) is 1.39. The van der Waals surface area contributed by atoms with Crippen LogP contribution in [0.15, 0.2) is 12.1 Å². The summed E-state index contributed by atoms with van der Waals surface area (Å²) in [5.41, 5.74) is 4.01. The van der Waals surface area contributed by atoms with Crippen LogP contribution in [0.4, 0.5) is 0 Å². The first kappa shape index (κ1) is 9.74. The molecule has 5 heteroatoms. The van der Waals surface area contributed by atoms with E-state index >= 15 is 0 Å². The van der Waals surface area contributed by atoms with Crippen LogP contribution in [0.5, 0.6) is 17.2 Å². The molecule has 0 aromatic heterocycles. The van der Waals surface area contributed by atoms with Gasteiger partial charge in [-0.05, 0) is 6.07 Å². The Kier molecular flexibility index (Phi) is 2.34. The zero-order valence-electron chi connectivity index (χ0n) is 8.99. The zero-order valence-corrected chi connectivity index (χ0v) is 8.99.